The summed E-state index contributed by atoms with van der Waals surface area (Å²) >= 11 is 0. The maximum Gasteiger partial charge on any atom is 0.222 e. The average Bonchev–Trinajstić information content (AvgIpc) is 3.47. The molecule has 2 unspecified atom stereocenters. The molecule has 0 radical (unpaired) electrons. The Bertz CT molecular complexity index is 2040. The number of aromatic nitrogens is 2. The molecule has 0 saturated heterocycles. The summed E-state index contributed by atoms with van der Waals surface area (Å²) in [6, 6.07) is 20.2. The van der Waals surface area contributed by atoms with Crippen LogP contribution in [0.2, 0.25) is 0 Å². The van der Waals surface area contributed by atoms with Gasteiger partial charge < -0.3 is 14.7 Å². The van der Waals surface area contributed by atoms with Crippen LogP contribution in [0.3, 0.4) is 0 Å². The van der Waals surface area contributed by atoms with E-state index in [0.29, 0.717) is 44.1 Å². The second kappa shape index (κ2) is 11.9. The summed E-state index contributed by atoms with van der Waals surface area (Å²) in [6.07, 6.45) is 8.26. The summed E-state index contributed by atoms with van der Waals surface area (Å²) < 4.78 is 0. The van der Waals surface area contributed by atoms with Crippen LogP contribution in [0.15, 0.2) is 73.2 Å². The predicted molar refractivity (Wildman–Crippen MR) is 184 cm³/mol. The largest absolute Gasteiger partial charge is 0.348 e. The van der Waals surface area contributed by atoms with Crippen LogP contribution in [0.1, 0.15) is 54.2 Å². The van der Waals surface area contributed by atoms with Crippen molar-refractivity contribution in [1.82, 2.24) is 14.9 Å². The fraction of sp³-hybridized carbons (Fsp3) is 0.308. The van der Waals surface area contributed by atoms with Gasteiger partial charge in [-0.3, -0.25) is 14.4 Å². The van der Waals surface area contributed by atoms with Crippen molar-refractivity contribution in [2.24, 2.45) is 5.92 Å². The van der Waals surface area contributed by atoms with E-state index in [-0.39, 0.29) is 23.4 Å². The summed E-state index contributed by atoms with van der Waals surface area (Å²) in [5.74, 6) is 0.466. The molecule has 0 saturated carbocycles. The molecule has 7 rings (SSSR count). The van der Waals surface area contributed by atoms with Crippen molar-refractivity contribution < 1.29 is 14.4 Å². The fourth-order valence-electron chi connectivity index (χ4n) is 7.40. The normalized spacial score (nSPS) is 19.3. The van der Waals surface area contributed by atoms with Crippen molar-refractivity contribution in [2.45, 2.75) is 46.1 Å². The Kier molecular flexibility index (Phi) is 7.74. The van der Waals surface area contributed by atoms with Crippen LogP contribution in [-0.4, -0.2) is 58.6 Å². The highest BCUT2D eigenvalue weighted by Gasteiger charge is 2.49. The molecule has 0 N–H and O–H groups in total. The number of nitrogens with zero attached hydrogens (tertiary/aromatic N) is 5. The Morgan fingerprint density at radius 1 is 0.979 bits per heavy atom. The van der Waals surface area contributed by atoms with Crippen molar-refractivity contribution >= 4 is 41.1 Å². The third kappa shape index (κ3) is 5.12. The molecule has 1 aliphatic heterocycles. The highest BCUT2D eigenvalue weighted by atomic mass is 16.2. The van der Waals surface area contributed by atoms with E-state index in [1.165, 1.54) is 17.5 Å². The summed E-state index contributed by atoms with van der Waals surface area (Å²) in [4.78, 5) is 55.8. The number of hydrogen-bond donors (Lipinski definition) is 0. The van der Waals surface area contributed by atoms with Gasteiger partial charge in [-0.15, -0.1) is 0 Å². The Morgan fingerprint density at radius 3 is 2.51 bits per heavy atom. The Balaban J connectivity index is 1.22. The first-order valence-electron chi connectivity index (χ1n) is 16.4. The number of fused-ring (bicyclic) bond motifs is 6. The zero-order chi connectivity index (χ0) is 32.9. The van der Waals surface area contributed by atoms with Gasteiger partial charge in [-0.1, -0.05) is 86.2 Å². The van der Waals surface area contributed by atoms with Crippen molar-refractivity contribution in [3.63, 3.8) is 0 Å². The monoisotopic (exact) mass is 625 g/mol. The van der Waals surface area contributed by atoms with Gasteiger partial charge in [0.05, 0.1) is 12.9 Å². The molecule has 47 heavy (non-hydrogen) atoms. The first-order chi connectivity index (χ1) is 22.7. The average molecular weight is 626 g/mol. The van der Waals surface area contributed by atoms with Gasteiger partial charge in [-0.25, -0.2) is 9.97 Å². The van der Waals surface area contributed by atoms with E-state index in [1.54, 1.807) is 12.3 Å². The molecular formula is C39H39N5O3. The summed E-state index contributed by atoms with van der Waals surface area (Å²) in [7, 11) is 0. The number of hydrogen-bond acceptors (Lipinski definition) is 7. The van der Waals surface area contributed by atoms with Gasteiger partial charge in [0.25, 0.3) is 0 Å². The topological polar surface area (TPSA) is 86.7 Å². The van der Waals surface area contributed by atoms with Gasteiger partial charge in [-0.2, -0.15) is 0 Å². The highest BCUT2D eigenvalue weighted by molar-refractivity contribution is 6.22. The molecule has 3 aliphatic rings. The fourth-order valence-corrected chi connectivity index (χ4v) is 7.40. The molecule has 238 valence electrons. The molecule has 0 fully saturated rings. The molecule has 0 spiro atoms. The quantitative estimate of drug-likeness (QED) is 0.287. The van der Waals surface area contributed by atoms with E-state index in [0.717, 1.165) is 39.2 Å². The molecule has 2 atom stereocenters. The molecule has 2 heterocycles. The SMILES string of the molecule is CCC(=O)N(CCc1ccc(C)cc1)CCN1CN(C2(C)C(=O)C(C)C=c3c2ccc2c3=CC(=O)c3ccccc3-2)c2ncncc21. The number of benzene rings is 3. The van der Waals surface area contributed by atoms with E-state index < -0.39 is 5.54 Å². The standard InChI is InChI=1S/C39H39N5O3/c1-5-36(46)42(17-16-27-12-10-25(2)11-13-27)18-19-43-24-44(38-34(43)22-40-23-41-38)39(4)33-15-14-29-28-8-6-7-9-30(28)35(45)21-31(29)32(33)20-26(3)37(39)47/h6-15,20-23,26H,5,16-19,24H2,1-4H3. The van der Waals surface area contributed by atoms with Crippen molar-refractivity contribution in [3.8, 4) is 11.1 Å². The van der Waals surface area contributed by atoms with Crippen LogP contribution in [-0.2, 0) is 21.5 Å². The minimum absolute atomic E-state index is 0.0276. The lowest BCUT2D eigenvalue weighted by molar-refractivity contribution is -0.130. The smallest absolute Gasteiger partial charge is 0.222 e. The molecule has 4 aromatic rings. The molecule has 3 aromatic carbocycles. The van der Waals surface area contributed by atoms with E-state index in [9.17, 15) is 14.4 Å². The molecule has 1 aromatic heterocycles. The van der Waals surface area contributed by atoms with E-state index >= 15 is 0 Å². The number of ketones is 2. The summed E-state index contributed by atoms with van der Waals surface area (Å²) in [5, 5.41) is 1.78. The number of carbonyl (C=O) groups excluding carboxylic acids is 3. The lowest BCUT2D eigenvalue weighted by atomic mass is 9.73. The molecular weight excluding hydrogens is 586 g/mol. The van der Waals surface area contributed by atoms with Crippen LogP contribution < -0.4 is 20.2 Å². The summed E-state index contributed by atoms with van der Waals surface area (Å²) in [6.45, 7) is 10.0. The number of Topliss-reactive ketones (excluding diaryl/α,β-unsaturated/α-hetero) is 2. The van der Waals surface area contributed by atoms with Gasteiger partial charge in [-0.05, 0) is 59.0 Å². The van der Waals surface area contributed by atoms with E-state index in [1.807, 2.05) is 68.1 Å². The maximum absolute atomic E-state index is 14.3. The zero-order valence-corrected chi connectivity index (χ0v) is 27.4. The second-order valence-corrected chi connectivity index (χ2v) is 13.0. The van der Waals surface area contributed by atoms with Gasteiger partial charge in [0, 0.05) is 37.5 Å². The van der Waals surface area contributed by atoms with Gasteiger partial charge in [0.15, 0.2) is 17.4 Å². The highest BCUT2D eigenvalue weighted by Crippen LogP contribution is 2.43. The van der Waals surface area contributed by atoms with Crippen molar-refractivity contribution in [3.05, 3.63) is 106 Å². The van der Waals surface area contributed by atoms with E-state index in [2.05, 4.69) is 46.0 Å². The van der Waals surface area contributed by atoms with Crippen LogP contribution >= 0.6 is 0 Å². The minimum Gasteiger partial charge on any atom is -0.348 e. The Morgan fingerprint density at radius 2 is 1.74 bits per heavy atom. The van der Waals surface area contributed by atoms with Crippen molar-refractivity contribution in [2.75, 3.05) is 36.1 Å². The van der Waals surface area contributed by atoms with Crippen LogP contribution in [0.25, 0.3) is 23.3 Å². The minimum atomic E-state index is -1.05. The lowest BCUT2D eigenvalue weighted by Crippen LogP contribution is -2.59. The number of rotatable bonds is 8. The first kappa shape index (κ1) is 30.5. The lowest BCUT2D eigenvalue weighted by Gasteiger charge is -2.42. The number of aryl methyl sites for hydroxylation is 1. The molecule has 0 bridgehead atoms. The van der Waals surface area contributed by atoms with Crippen LogP contribution in [0, 0.1) is 12.8 Å². The number of anilines is 2. The van der Waals surface area contributed by atoms with E-state index in [4.69, 9.17) is 4.98 Å². The molecule has 1 amide bonds. The number of carbonyl (C=O) groups is 3. The first-order valence-corrected chi connectivity index (χ1v) is 16.4. The predicted octanol–water partition coefficient (Wildman–Crippen LogP) is 4.41. The summed E-state index contributed by atoms with van der Waals surface area (Å²) in [5.41, 5.74) is 5.66. The maximum atomic E-state index is 14.3. The molecule has 8 heteroatoms. The number of amides is 1. The van der Waals surface area contributed by atoms with Gasteiger partial charge in [0.1, 0.15) is 17.6 Å². The molecule has 2 aliphatic carbocycles. The van der Waals surface area contributed by atoms with Gasteiger partial charge >= 0.3 is 0 Å². The van der Waals surface area contributed by atoms with Crippen LogP contribution in [0.4, 0.5) is 11.5 Å². The Hall–Kier alpha value is -5.11. The van der Waals surface area contributed by atoms with Crippen molar-refractivity contribution in [1.29, 1.82) is 0 Å². The second-order valence-electron chi connectivity index (χ2n) is 13.0. The third-order valence-corrected chi connectivity index (χ3v) is 10.1. The molecule has 8 nitrogen and oxygen atoms in total. The van der Waals surface area contributed by atoms with Crippen LogP contribution in [0.5, 0.6) is 0 Å². The zero-order valence-electron chi connectivity index (χ0n) is 27.4. The Labute approximate surface area is 275 Å². The third-order valence-electron chi connectivity index (χ3n) is 10.1. The van der Waals surface area contributed by atoms with Gasteiger partial charge in [0.2, 0.25) is 5.91 Å².